The van der Waals surface area contributed by atoms with Gasteiger partial charge in [-0.15, -0.1) is 0 Å². The fraction of sp³-hybridized carbons (Fsp3) is 0.435. The number of likely N-dealkylation sites (N-methyl/N-ethyl adjacent to an activating group) is 1. The third-order valence-corrected chi connectivity index (χ3v) is 7.26. The highest BCUT2D eigenvalue weighted by Crippen LogP contribution is 2.19. The van der Waals surface area contributed by atoms with E-state index < -0.39 is 15.8 Å². The summed E-state index contributed by atoms with van der Waals surface area (Å²) in [6, 6.07) is 11.0. The maximum atomic E-state index is 13.4. The van der Waals surface area contributed by atoms with E-state index in [1.807, 2.05) is 37.9 Å². The number of nitrogens with zero attached hydrogens (tertiary/aromatic N) is 3. The Hall–Kier alpha value is -2.49. The number of ether oxygens (including phenoxy) is 1. The minimum Gasteiger partial charge on any atom is -0.492 e. The number of carbonyl (C=O) groups is 1. The van der Waals surface area contributed by atoms with Crippen LogP contribution in [0.1, 0.15) is 11.1 Å². The second-order valence-electron chi connectivity index (χ2n) is 8.15. The van der Waals surface area contributed by atoms with Crippen LogP contribution < -0.4 is 4.74 Å². The molecule has 0 atom stereocenters. The smallest absolute Gasteiger partial charge is 0.243 e. The second kappa shape index (κ2) is 10.4. The molecule has 0 radical (unpaired) electrons. The van der Waals surface area contributed by atoms with Crippen LogP contribution >= 0.6 is 0 Å². The van der Waals surface area contributed by atoms with Crippen molar-refractivity contribution in [1.82, 2.24) is 14.1 Å². The first-order valence-corrected chi connectivity index (χ1v) is 12.0. The lowest BCUT2D eigenvalue weighted by atomic mass is 10.1. The summed E-state index contributed by atoms with van der Waals surface area (Å²) in [4.78, 5) is 16.1. The summed E-state index contributed by atoms with van der Waals surface area (Å²) in [5.41, 5.74) is 2.28. The number of hydrogen-bond acceptors (Lipinski definition) is 5. The molecule has 1 heterocycles. The minimum absolute atomic E-state index is 0.0540. The zero-order chi connectivity index (χ0) is 23.3. The number of benzene rings is 2. The van der Waals surface area contributed by atoms with Gasteiger partial charge in [-0.05, 0) is 62.4 Å². The van der Waals surface area contributed by atoms with Gasteiger partial charge in [0.25, 0.3) is 0 Å². The monoisotopic (exact) mass is 463 g/mol. The molecule has 1 amide bonds. The van der Waals surface area contributed by atoms with Crippen molar-refractivity contribution in [3.63, 3.8) is 0 Å². The molecule has 9 heteroatoms. The van der Waals surface area contributed by atoms with Gasteiger partial charge in [-0.1, -0.05) is 12.1 Å². The Balaban J connectivity index is 1.44. The van der Waals surface area contributed by atoms with Gasteiger partial charge in [0.1, 0.15) is 18.2 Å². The Kier molecular flexibility index (Phi) is 7.86. The summed E-state index contributed by atoms with van der Waals surface area (Å²) in [5, 5.41) is 0. The van der Waals surface area contributed by atoms with Crippen molar-refractivity contribution in [2.24, 2.45) is 0 Å². The fourth-order valence-electron chi connectivity index (χ4n) is 3.70. The Morgan fingerprint density at radius 1 is 1.06 bits per heavy atom. The minimum atomic E-state index is -3.77. The number of hydrogen-bond donors (Lipinski definition) is 0. The van der Waals surface area contributed by atoms with Crippen molar-refractivity contribution in [2.75, 3.05) is 52.9 Å². The SMILES string of the molecule is Cc1cc(C)cc(OCCN(C)CC(=O)N2CCN(S(=O)(=O)c3cccc(F)c3)CC2)c1. The topological polar surface area (TPSA) is 70.2 Å². The van der Waals surface area contributed by atoms with Crippen LogP contribution in [0.5, 0.6) is 5.75 Å². The van der Waals surface area contributed by atoms with Crippen molar-refractivity contribution < 1.29 is 22.3 Å². The molecule has 174 valence electrons. The van der Waals surface area contributed by atoms with E-state index in [0.717, 1.165) is 22.9 Å². The second-order valence-corrected chi connectivity index (χ2v) is 10.1. The lowest BCUT2D eigenvalue weighted by Crippen LogP contribution is -2.52. The van der Waals surface area contributed by atoms with Crippen molar-refractivity contribution in [1.29, 1.82) is 0 Å². The third-order valence-electron chi connectivity index (χ3n) is 5.37. The van der Waals surface area contributed by atoms with Gasteiger partial charge in [-0.3, -0.25) is 9.69 Å². The van der Waals surface area contributed by atoms with Crippen molar-refractivity contribution in [3.8, 4) is 5.75 Å². The summed E-state index contributed by atoms with van der Waals surface area (Å²) < 4.78 is 45.9. The molecule has 0 N–H and O–H groups in total. The van der Waals surface area contributed by atoms with Crippen LogP contribution in [0.15, 0.2) is 47.4 Å². The lowest BCUT2D eigenvalue weighted by molar-refractivity contribution is -0.133. The van der Waals surface area contributed by atoms with E-state index in [1.165, 1.54) is 22.5 Å². The molecule has 2 aromatic carbocycles. The Bertz CT molecular complexity index is 1030. The van der Waals surface area contributed by atoms with Crippen molar-refractivity contribution >= 4 is 15.9 Å². The van der Waals surface area contributed by atoms with E-state index in [0.29, 0.717) is 26.2 Å². The largest absolute Gasteiger partial charge is 0.492 e. The zero-order valence-corrected chi connectivity index (χ0v) is 19.6. The summed E-state index contributed by atoms with van der Waals surface area (Å²) in [6.45, 7) is 6.31. The molecule has 0 spiro atoms. The molecule has 0 aliphatic carbocycles. The number of sulfonamides is 1. The van der Waals surface area contributed by atoms with E-state index in [2.05, 4.69) is 6.07 Å². The van der Waals surface area contributed by atoms with Gasteiger partial charge in [0, 0.05) is 32.7 Å². The highest BCUT2D eigenvalue weighted by Gasteiger charge is 2.30. The molecule has 1 aliphatic rings. The number of halogens is 1. The summed E-state index contributed by atoms with van der Waals surface area (Å²) in [6.07, 6.45) is 0. The van der Waals surface area contributed by atoms with E-state index in [9.17, 15) is 17.6 Å². The number of carbonyl (C=O) groups excluding carboxylic acids is 1. The van der Waals surface area contributed by atoms with Crippen LogP contribution in [0, 0.1) is 19.7 Å². The van der Waals surface area contributed by atoms with E-state index in [1.54, 1.807) is 4.90 Å². The first-order valence-electron chi connectivity index (χ1n) is 10.6. The van der Waals surface area contributed by atoms with Crippen LogP contribution in [0.2, 0.25) is 0 Å². The third kappa shape index (κ3) is 6.27. The van der Waals surface area contributed by atoms with E-state index >= 15 is 0 Å². The predicted molar refractivity (Wildman–Crippen MR) is 121 cm³/mol. The van der Waals surface area contributed by atoms with Gasteiger partial charge in [0.2, 0.25) is 15.9 Å². The maximum Gasteiger partial charge on any atom is 0.243 e. The molecular formula is C23H30FN3O4S. The van der Waals surface area contributed by atoms with Gasteiger partial charge in [0.15, 0.2) is 0 Å². The number of amides is 1. The molecule has 2 aromatic rings. The molecular weight excluding hydrogens is 433 g/mol. The highest BCUT2D eigenvalue weighted by molar-refractivity contribution is 7.89. The van der Waals surface area contributed by atoms with Gasteiger partial charge < -0.3 is 9.64 Å². The Morgan fingerprint density at radius 2 is 1.72 bits per heavy atom. The number of rotatable bonds is 8. The zero-order valence-electron chi connectivity index (χ0n) is 18.8. The molecule has 1 aliphatic heterocycles. The molecule has 7 nitrogen and oxygen atoms in total. The average Bonchev–Trinajstić information content (AvgIpc) is 2.73. The highest BCUT2D eigenvalue weighted by atomic mass is 32.2. The van der Waals surface area contributed by atoms with Crippen molar-refractivity contribution in [2.45, 2.75) is 18.7 Å². The molecule has 0 unspecified atom stereocenters. The van der Waals surface area contributed by atoms with Crippen LogP contribution in [0.3, 0.4) is 0 Å². The van der Waals surface area contributed by atoms with Gasteiger partial charge in [-0.2, -0.15) is 4.31 Å². The lowest BCUT2D eigenvalue weighted by Gasteiger charge is -2.34. The Labute approximate surface area is 189 Å². The molecule has 3 rings (SSSR count). The van der Waals surface area contributed by atoms with Crippen LogP contribution in [-0.2, 0) is 14.8 Å². The van der Waals surface area contributed by atoms with E-state index in [4.69, 9.17) is 4.74 Å². The van der Waals surface area contributed by atoms with E-state index in [-0.39, 0.29) is 30.4 Å². The summed E-state index contributed by atoms with van der Waals surface area (Å²) >= 11 is 0. The average molecular weight is 464 g/mol. The Morgan fingerprint density at radius 3 is 2.34 bits per heavy atom. The molecule has 1 saturated heterocycles. The summed E-state index contributed by atoms with van der Waals surface area (Å²) in [5.74, 6) is 0.170. The standard InChI is InChI=1S/C23H30FN3O4S/c1-18-13-19(2)15-21(14-18)31-12-11-25(3)17-23(28)26-7-9-27(10-8-26)32(29,30)22-6-4-5-20(24)16-22/h4-6,13-16H,7-12,17H2,1-3H3. The summed E-state index contributed by atoms with van der Waals surface area (Å²) in [7, 11) is -1.92. The fourth-order valence-corrected chi connectivity index (χ4v) is 5.15. The first kappa shape index (κ1) is 24.2. The molecule has 0 saturated carbocycles. The molecule has 32 heavy (non-hydrogen) atoms. The molecule has 0 aromatic heterocycles. The van der Waals surface area contributed by atoms with Crippen LogP contribution in [0.25, 0.3) is 0 Å². The molecule has 0 bridgehead atoms. The normalized spacial score (nSPS) is 15.2. The number of piperazine rings is 1. The predicted octanol–water partition coefficient (Wildman–Crippen LogP) is 2.29. The quantitative estimate of drug-likeness (QED) is 0.601. The van der Waals surface area contributed by atoms with Crippen molar-refractivity contribution in [3.05, 3.63) is 59.4 Å². The number of aryl methyl sites for hydroxylation is 2. The van der Waals surface area contributed by atoms with Gasteiger partial charge >= 0.3 is 0 Å². The van der Waals surface area contributed by atoms with Crippen LogP contribution in [0.4, 0.5) is 4.39 Å². The molecule has 1 fully saturated rings. The van der Waals surface area contributed by atoms with Gasteiger partial charge in [-0.25, -0.2) is 12.8 Å². The van der Waals surface area contributed by atoms with Crippen LogP contribution in [-0.4, -0.2) is 81.4 Å². The van der Waals surface area contributed by atoms with Gasteiger partial charge in [0.05, 0.1) is 11.4 Å². The maximum absolute atomic E-state index is 13.4. The first-order chi connectivity index (χ1) is 15.1.